The first kappa shape index (κ1) is 15.3. The molecule has 1 heterocycles. The van der Waals surface area contributed by atoms with Gasteiger partial charge in [0.1, 0.15) is 5.75 Å². The van der Waals surface area contributed by atoms with Gasteiger partial charge >= 0.3 is 0 Å². The number of aliphatic hydroxyl groups is 1. The number of hydrogen-bond acceptors (Lipinski definition) is 3. The minimum atomic E-state index is -0.732. The van der Waals surface area contributed by atoms with Crippen LogP contribution in [0.3, 0.4) is 0 Å². The molecule has 112 valence electrons. The fraction of sp³-hybridized carbons (Fsp3) is 0.706. The number of rotatable bonds is 4. The molecule has 2 rings (SSSR count). The van der Waals surface area contributed by atoms with Crippen molar-refractivity contribution in [3.8, 4) is 5.75 Å². The average Bonchev–Trinajstić information content (AvgIpc) is 2.63. The second kappa shape index (κ2) is 6.57. The van der Waals surface area contributed by atoms with Crippen LogP contribution in [0.1, 0.15) is 58.4 Å². The molecule has 20 heavy (non-hydrogen) atoms. The Morgan fingerprint density at radius 3 is 2.85 bits per heavy atom. The van der Waals surface area contributed by atoms with E-state index >= 15 is 0 Å². The van der Waals surface area contributed by atoms with Gasteiger partial charge in [-0.2, -0.15) is 0 Å². The molecule has 1 aliphatic rings. The summed E-state index contributed by atoms with van der Waals surface area (Å²) in [6.45, 7) is 7.15. The lowest BCUT2D eigenvalue weighted by molar-refractivity contribution is 0.0185. The molecule has 1 aromatic rings. The quantitative estimate of drug-likeness (QED) is 0.849. The second-order valence-electron chi connectivity index (χ2n) is 6.31. The first-order valence-electron chi connectivity index (χ1n) is 7.86. The molecule has 1 fully saturated rings. The molecule has 2 atom stereocenters. The van der Waals surface area contributed by atoms with E-state index in [0.29, 0.717) is 12.5 Å². The third kappa shape index (κ3) is 3.51. The van der Waals surface area contributed by atoms with Crippen molar-refractivity contribution in [2.75, 3.05) is 6.61 Å². The Balaban J connectivity index is 2.15. The largest absolute Gasteiger partial charge is 0.492 e. The van der Waals surface area contributed by atoms with Crippen LogP contribution in [0.4, 0.5) is 0 Å². The molecule has 3 heteroatoms. The number of nitrogens with zero attached hydrogens (tertiary/aromatic N) is 1. The molecule has 0 aliphatic heterocycles. The molecule has 1 aromatic heterocycles. The summed E-state index contributed by atoms with van der Waals surface area (Å²) in [5.41, 5.74) is 0.178. The standard InChI is InChI=1S/C17H27NO2/c1-4-20-16-10-15(11-18-12-16)17(19)8-5-6-14(7-9-17)13(2)3/h10-14,19H,4-9H2,1-3H3. The van der Waals surface area contributed by atoms with Crippen molar-refractivity contribution < 1.29 is 9.84 Å². The zero-order valence-corrected chi connectivity index (χ0v) is 12.9. The highest BCUT2D eigenvalue weighted by Gasteiger charge is 2.33. The maximum absolute atomic E-state index is 11.0. The zero-order chi connectivity index (χ0) is 14.6. The van der Waals surface area contributed by atoms with E-state index in [9.17, 15) is 5.11 Å². The van der Waals surface area contributed by atoms with Gasteiger partial charge in [0.15, 0.2) is 0 Å². The molecule has 1 N–H and O–H groups in total. The van der Waals surface area contributed by atoms with Crippen molar-refractivity contribution in [3.63, 3.8) is 0 Å². The smallest absolute Gasteiger partial charge is 0.137 e. The van der Waals surface area contributed by atoms with E-state index in [0.717, 1.165) is 42.9 Å². The van der Waals surface area contributed by atoms with Crippen LogP contribution in [0.25, 0.3) is 0 Å². The molecule has 0 bridgehead atoms. The first-order valence-corrected chi connectivity index (χ1v) is 7.86. The summed E-state index contributed by atoms with van der Waals surface area (Å²) in [4.78, 5) is 4.22. The Bertz CT molecular complexity index is 433. The normalized spacial score (nSPS) is 27.4. The fourth-order valence-electron chi connectivity index (χ4n) is 3.22. The second-order valence-corrected chi connectivity index (χ2v) is 6.31. The van der Waals surface area contributed by atoms with Gasteiger partial charge in [-0.3, -0.25) is 4.98 Å². The molecule has 1 saturated carbocycles. The molecule has 0 aromatic carbocycles. The Morgan fingerprint density at radius 1 is 1.35 bits per heavy atom. The first-order chi connectivity index (χ1) is 9.55. The maximum Gasteiger partial charge on any atom is 0.137 e. The zero-order valence-electron chi connectivity index (χ0n) is 12.9. The molecule has 1 aliphatic carbocycles. The van der Waals surface area contributed by atoms with Gasteiger partial charge in [0, 0.05) is 11.8 Å². The number of ether oxygens (including phenoxy) is 1. The number of hydrogen-bond donors (Lipinski definition) is 1. The predicted octanol–water partition coefficient (Wildman–Crippen LogP) is 3.90. The fourth-order valence-corrected chi connectivity index (χ4v) is 3.22. The highest BCUT2D eigenvalue weighted by atomic mass is 16.5. The molecule has 0 saturated heterocycles. The van der Waals surface area contributed by atoms with E-state index in [2.05, 4.69) is 18.8 Å². The lowest BCUT2D eigenvalue weighted by Crippen LogP contribution is -2.25. The monoisotopic (exact) mass is 277 g/mol. The molecule has 0 amide bonds. The SMILES string of the molecule is CCOc1cncc(C2(O)CCCC(C(C)C)CC2)c1. The Kier molecular flexibility index (Phi) is 5.03. The van der Waals surface area contributed by atoms with Gasteiger partial charge in [0.2, 0.25) is 0 Å². The van der Waals surface area contributed by atoms with E-state index in [4.69, 9.17) is 4.74 Å². The summed E-state index contributed by atoms with van der Waals surface area (Å²) in [5, 5.41) is 11.0. The minimum absolute atomic E-state index is 0.624. The predicted molar refractivity (Wildman–Crippen MR) is 80.7 cm³/mol. The van der Waals surface area contributed by atoms with Crippen LogP contribution in [0.2, 0.25) is 0 Å². The van der Waals surface area contributed by atoms with Crippen molar-refractivity contribution in [2.45, 2.75) is 58.5 Å². The summed E-state index contributed by atoms with van der Waals surface area (Å²) in [6.07, 6.45) is 8.55. The van der Waals surface area contributed by atoms with Gasteiger partial charge < -0.3 is 9.84 Å². The van der Waals surface area contributed by atoms with E-state index in [-0.39, 0.29) is 0 Å². The molecule has 3 nitrogen and oxygen atoms in total. The Morgan fingerprint density at radius 2 is 2.15 bits per heavy atom. The Labute approximate surface area is 122 Å². The van der Waals surface area contributed by atoms with Crippen molar-refractivity contribution >= 4 is 0 Å². The van der Waals surface area contributed by atoms with Crippen LogP contribution in [-0.2, 0) is 5.60 Å². The van der Waals surface area contributed by atoms with E-state index in [1.807, 2.05) is 13.0 Å². The summed E-state index contributed by atoms with van der Waals surface area (Å²) >= 11 is 0. The van der Waals surface area contributed by atoms with Gasteiger partial charge in [0.25, 0.3) is 0 Å². The van der Waals surface area contributed by atoms with Crippen molar-refractivity contribution in [3.05, 3.63) is 24.0 Å². The summed E-state index contributed by atoms with van der Waals surface area (Å²) < 4.78 is 5.50. The van der Waals surface area contributed by atoms with Gasteiger partial charge in [-0.05, 0) is 50.5 Å². The van der Waals surface area contributed by atoms with Crippen LogP contribution in [0.5, 0.6) is 5.75 Å². The van der Waals surface area contributed by atoms with Gasteiger partial charge in [-0.25, -0.2) is 0 Å². The van der Waals surface area contributed by atoms with Gasteiger partial charge in [0.05, 0.1) is 18.4 Å². The van der Waals surface area contributed by atoms with Crippen molar-refractivity contribution in [2.24, 2.45) is 11.8 Å². The van der Waals surface area contributed by atoms with Gasteiger partial charge in [-0.1, -0.05) is 20.3 Å². The summed E-state index contributed by atoms with van der Waals surface area (Å²) in [5.74, 6) is 2.18. The minimum Gasteiger partial charge on any atom is -0.492 e. The maximum atomic E-state index is 11.0. The van der Waals surface area contributed by atoms with E-state index in [1.165, 1.54) is 6.42 Å². The Hall–Kier alpha value is -1.09. The molecule has 0 radical (unpaired) electrons. The molecular formula is C17H27NO2. The van der Waals surface area contributed by atoms with Crippen LogP contribution in [-0.4, -0.2) is 16.7 Å². The average molecular weight is 277 g/mol. The molecule has 0 spiro atoms. The van der Waals surface area contributed by atoms with Crippen molar-refractivity contribution in [1.29, 1.82) is 0 Å². The van der Waals surface area contributed by atoms with Crippen LogP contribution >= 0.6 is 0 Å². The third-order valence-electron chi connectivity index (χ3n) is 4.60. The van der Waals surface area contributed by atoms with Crippen molar-refractivity contribution in [1.82, 2.24) is 4.98 Å². The number of aromatic nitrogens is 1. The molecule has 2 unspecified atom stereocenters. The summed E-state index contributed by atoms with van der Waals surface area (Å²) in [7, 11) is 0. The van der Waals surface area contributed by atoms with E-state index in [1.54, 1.807) is 12.4 Å². The van der Waals surface area contributed by atoms with E-state index < -0.39 is 5.60 Å². The van der Waals surface area contributed by atoms with Crippen LogP contribution in [0, 0.1) is 11.8 Å². The lowest BCUT2D eigenvalue weighted by Gasteiger charge is -2.27. The third-order valence-corrected chi connectivity index (χ3v) is 4.60. The van der Waals surface area contributed by atoms with Crippen LogP contribution in [0.15, 0.2) is 18.5 Å². The molecular weight excluding hydrogens is 250 g/mol. The lowest BCUT2D eigenvalue weighted by atomic mass is 9.85. The highest BCUT2D eigenvalue weighted by Crippen LogP contribution is 2.40. The highest BCUT2D eigenvalue weighted by molar-refractivity contribution is 5.28. The topological polar surface area (TPSA) is 42.4 Å². The van der Waals surface area contributed by atoms with Crippen LogP contribution < -0.4 is 4.74 Å². The number of pyridine rings is 1. The summed E-state index contributed by atoms with van der Waals surface area (Å²) in [6, 6.07) is 1.95. The van der Waals surface area contributed by atoms with Gasteiger partial charge in [-0.15, -0.1) is 0 Å².